The van der Waals surface area contributed by atoms with Crippen LogP contribution < -0.4 is 0 Å². The molecule has 0 aliphatic heterocycles. The van der Waals surface area contributed by atoms with Crippen molar-refractivity contribution in [3.8, 4) is 0 Å². The van der Waals surface area contributed by atoms with E-state index in [-0.39, 0.29) is 12.4 Å². The molecule has 1 aromatic carbocycles. The van der Waals surface area contributed by atoms with Gasteiger partial charge in [0.1, 0.15) is 0 Å². The van der Waals surface area contributed by atoms with Crippen molar-refractivity contribution in [2.45, 2.75) is 31.8 Å². The number of carbonyl (C=O) groups excluding carboxylic acids is 3. The van der Waals surface area contributed by atoms with Gasteiger partial charge in [-0.15, -0.1) is 6.58 Å². The van der Waals surface area contributed by atoms with Crippen LogP contribution in [-0.2, 0) is 23.9 Å². The van der Waals surface area contributed by atoms with E-state index < -0.39 is 18.0 Å². The molecule has 0 unspecified atom stereocenters. The molecular formula is C19H20O5. The molecule has 24 heavy (non-hydrogen) atoms. The highest BCUT2D eigenvalue weighted by Gasteiger charge is 2.28. The summed E-state index contributed by atoms with van der Waals surface area (Å²) >= 11 is 0. The van der Waals surface area contributed by atoms with Gasteiger partial charge < -0.3 is 9.47 Å². The molecule has 0 bridgehead atoms. The highest BCUT2D eigenvalue weighted by Crippen LogP contribution is 2.23. The summed E-state index contributed by atoms with van der Waals surface area (Å²) in [5.41, 5.74) is 0.822. The summed E-state index contributed by atoms with van der Waals surface area (Å²) in [4.78, 5) is 36.0. The molecule has 0 fully saturated rings. The minimum atomic E-state index is -1.15. The van der Waals surface area contributed by atoms with Gasteiger partial charge in [0.15, 0.2) is 5.78 Å². The van der Waals surface area contributed by atoms with Crippen molar-refractivity contribution in [3.05, 3.63) is 60.2 Å². The normalized spacial score (nSPS) is 15.2. The number of rotatable bonds is 7. The van der Waals surface area contributed by atoms with E-state index in [2.05, 4.69) is 6.58 Å². The number of benzene rings is 1. The zero-order valence-corrected chi connectivity index (χ0v) is 13.4. The van der Waals surface area contributed by atoms with Crippen molar-refractivity contribution in [1.29, 1.82) is 0 Å². The molecule has 2 rings (SSSR count). The summed E-state index contributed by atoms with van der Waals surface area (Å²) in [6.07, 6.45) is 3.81. The Morgan fingerprint density at radius 1 is 1.21 bits per heavy atom. The van der Waals surface area contributed by atoms with Crippen molar-refractivity contribution in [2.75, 3.05) is 6.61 Å². The lowest BCUT2D eigenvalue weighted by molar-refractivity contribution is -0.166. The molecule has 0 heterocycles. The van der Waals surface area contributed by atoms with E-state index >= 15 is 0 Å². The summed E-state index contributed by atoms with van der Waals surface area (Å²) in [5.74, 6) is -1.39. The quantitative estimate of drug-likeness (QED) is 0.437. The van der Waals surface area contributed by atoms with E-state index in [0.717, 1.165) is 0 Å². The molecule has 5 heteroatoms. The third-order valence-electron chi connectivity index (χ3n) is 3.57. The Morgan fingerprint density at radius 3 is 2.62 bits per heavy atom. The lowest BCUT2D eigenvalue weighted by Gasteiger charge is -2.19. The predicted octanol–water partition coefficient (Wildman–Crippen LogP) is 3.07. The van der Waals surface area contributed by atoms with Gasteiger partial charge in [-0.1, -0.05) is 36.4 Å². The Morgan fingerprint density at radius 2 is 1.96 bits per heavy atom. The standard InChI is InChI=1S/C19H20O5/c1-2-3-12-23-19(22)17(14-8-5-4-6-9-14)24-18(21)15-10-7-11-16(20)13-15/h2,4-6,8-9,13,17H,1,3,7,10-12H2/t17-/m0/s1. The highest BCUT2D eigenvalue weighted by atomic mass is 16.6. The number of ether oxygens (including phenoxy) is 2. The molecular weight excluding hydrogens is 308 g/mol. The van der Waals surface area contributed by atoms with Crippen LogP contribution in [0.3, 0.4) is 0 Å². The van der Waals surface area contributed by atoms with Crippen LogP contribution in [0.2, 0.25) is 0 Å². The van der Waals surface area contributed by atoms with Crippen molar-refractivity contribution < 1.29 is 23.9 Å². The van der Waals surface area contributed by atoms with Gasteiger partial charge in [-0.2, -0.15) is 0 Å². The van der Waals surface area contributed by atoms with Gasteiger partial charge in [0.2, 0.25) is 6.10 Å². The van der Waals surface area contributed by atoms with E-state index in [1.54, 1.807) is 36.4 Å². The molecule has 0 spiro atoms. The second kappa shape index (κ2) is 8.82. The smallest absolute Gasteiger partial charge is 0.352 e. The first kappa shape index (κ1) is 17.7. The molecule has 0 aromatic heterocycles. The first-order chi connectivity index (χ1) is 11.6. The number of hydrogen-bond donors (Lipinski definition) is 0. The Kier molecular flexibility index (Phi) is 6.49. The molecule has 1 aliphatic carbocycles. The lowest BCUT2D eigenvalue weighted by atomic mass is 9.99. The fourth-order valence-corrected chi connectivity index (χ4v) is 2.33. The van der Waals surface area contributed by atoms with Crippen LogP contribution in [-0.4, -0.2) is 24.3 Å². The van der Waals surface area contributed by atoms with E-state index in [1.165, 1.54) is 6.08 Å². The monoisotopic (exact) mass is 328 g/mol. The second-order valence-corrected chi connectivity index (χ2v) is 5.43. The van der Waals surface area contributed by atoms with Gasteiger partial charge in [0, 0.05) is 17.6 Å². The maximum atomic E-state index is 12.3. The highest BCUT2D eigenvalue weighted by molar-refractivity contribution is 6.01. The molecule has 5 nitrogen and oxygen atoms in total. The summed E-state index contributed by atoms with van der Waals surface area (Å²) < 4.78 is 10.5. The fraction of sp³-hybridized carbons (Fsp3) is 0.316. The molecule has 1 aromatic rings. The number of carbonyl (C=O) groups is 3. The molecule has 0 saturated heterocycles. The second-order valence-electron chi connectivity index (χ2n) is 5.43. The van der Waals surface area contributed by atoms with E-state index in [4.69, 9.17) is 9.47 Å². The maximum absolute atomic E-state index is 12.3. The van der Waals surface area contributed by atoms with Crippen molar-refractivity contribution in [1.82, 2.24) is 0 Å². The van der Waals surface area contributed by atoms with Crippen LogP contribution in [0.25, 0.3) is 0 Å². The molecule has 0 amide bonds. The number of esters is 2. The van der Waals surface area contributed by atoms with E-state index in [1.807, 2.05) is 0 Å². The SMILES string of the molecule is C=CCCOC(=O)[C@@H](OC(=O)C1=CC(=O)CCC1)c1ccccc1. The van der Waals surface area contributed by atoms with Gasteiger partial charge in [0.05, 0.1) is 6.61 Å². The van der Waals surface area contributed by atoms with E-state index in [9.17, 15) is 14.4 Å². The van der Waals surface area contributed by atoms with Crippen molar-refractivity contribution >= 4 is 17.7 Å². The molecule has 1 aliphatic rings. The van der Waals surface area contributed by atoms with Gasteiger partial charge in [0.25, 0.3) is 0 Å². The molecule has 0 radical (unpaired) electrons. The van der Waals surface area contributed by atoms with E-state index in [0.29, 0.717) is 36.8 Å². The Labute approximate surface area is 141 Å². The zero-order valence-electron chi connectivity index (χ0n) is 13.4. The largest absolute Gasteiger partial charge is 0.462 e. The summed E-state index contributed by atoms with van der Waals surface area (Å²) in [6, 6.07) is 8.67. The third-order valence-corrected chi connectivity index (χ3v) is 3.57. The van der Waals surface area contributed by atoms with Crippen LogP contribution >= 0.6 is 0 Å². The molecule has 0 N–H and O–H groups in total. The molecule has 126 valence electrons. The van der Waals surface area contributed by atoms with Crippen molar-refractivity contribution in [3.63, 3.8) is 0 Å². The predicted molar refractivity (Wildman–Crippen MR) is 88.0 cm³/mol. The van der Waals surface area contributed by atoms with Crippen LogP contribution in [0, 0.1) is 0 Å². The topological polar surface area (TPSA) is 69.7 Å². The number of hydrogen-bond acceptors (Lipinski definition) is 5. The van der Waals surface area contributed by atoms with Crippen LogP contribution in [0.5, 0.6) is 0 Å². The van der Waals surface area contributed by atoms with Crippen LogP contribution in [0.1, 0.15) is 37.4 Å². The average Bonchev–Trinajstić information content (AvgIpc) is 2.60. The summed E-state index contributed by atoms with van der Waals surface area (Å²) in [6.45, 7) is 3.73. The Balaban J connectivity index is 2.13. The van der Waals surface area contributed by atoms with Crippen molar-refractivity contribution in [2.24, 2.45) is 0 Å². The summed E-state index contributed by atoms with van der Waals surface area (Å²) in [7, 11) is 0. The first-order valence-electron chi connectivity index (χ1n) is 7.88. The van der Waals surface area contributed by atoms with Gasteiger partial charge >= 0.3 is 11.9 Å². The molecule has 0 saturated carbocycles. The maximum Gasteiger partial charge on any atom is 0.352 e. The Hall–Kier alpha value is -2.69. The molecule has 1 atom stereocenters. The van der Waals surface area contributed by atoms with Gasteiger partial charge in [-0.3, -0.25) is 4.79 Å². The fourth-order valence-electron chi connectivity index (χ4n) is 2.33. The Bertz CT molecular complexity index is 645. The summed E-state index contributed by atoms with van der Waals surface area (Å²) in [5, 5.41) is 0. The zero-order chi connectivity index (χ0) is 17.4. The minimum Gasteiger partial charge on any atom is -0.462 e. The van der Waals surface area contributed by atoms with Gasteiger partial charge in [-0.05, 0) is 25.3 Å². The van der Waals surface area contributed by atoms with Crippen LogP contribution in [0.4, 0.5) is 0 Å². The van der Waals surface area contributed by atoms with Gasteiger partial charge in [-0.25, -0.2) is 9.59 Å². The van der Waals surface area contributed by atoms with Crippen LogP contribution in [0.15, 0.2) is 54.6 Å². The third kappa shape index (κ3) is 4.91. The minimum absolute atomic E-state index is 0.0991. The number of ketones is 1. The first-order valence-corrected chi connectivity index (χ1v) is 7.88. The lowest BCUT2D eigenvalue weighted by Crippen LogP contribution is -2.24. The average molecular weight is 328 g/mol. The number of allylic oxidation sites excluding steroid dienone is 1.